The van der Waals surface area contributed by atoms with Crippen molar-refractivity contribution < 1.29 is 29.2 Å². The molecule has 1 saturated heterocycles. The van der Waals surface area contributed by atoms with E-state index in [2.05, 4.69) is 10.3 Å². The maximum absolute atomic E-state index is 12.2. The zero-order chi connectivity index (χ0) is 17.3. The first kappa shape index (κ1) is 17.1. The number of rotatable bonds is 6. The van der Waals surface area contributed by atoms with Crippen molar-refractivity contribution in [3.8, 4) is 0 Å². The Bertz CT molecular complexity index is 594. The number of fused-ring (bicyclic) bond motifs is 1. The number of amides is 1. The molecular weight excluding hydrogens is 320 g/mol. The average Bonchev–Trinajstić information content (AvgIpc) is 3.13. The van der Waals surface area contributed by atoms with E-state index in [1.165, 1.54) is 11.2 Å². The third kappa shape index (κ3) is 2.87. The van der Waals surface area contributed by atoms with E-state index in [4.69, 9.17) is 14.2 Å². The van der Waals surface area contributed by atoms with Crippen molar-refractivity contribution in [2.45, 2.75) is 24.5 Å². The van der Waals surface area contributed by atoms with Crippen LogP contribution in [0.25, 0.3) is 0 Å². The second-order valence-electron chi connectivity index (χ2n) is 5.75. The first-order valence-corrected chi connectivity index (χ1v) is 7.69. The van der Waals surface area contributed by atoms with Crippen LogP contribution in [0.15, 0.2) is 6.33 Å². The topological polar surface area (TPSA) is 118 Å². The van der Waals surface area contributed by atoms with Crippen molar-refractivity contribution in [1.82, 2.24) is 14.5 Å². The number of ether oxygens (including phenoxy) is 3. The number of aliphatic hydroxyl groups excluding tert-OH is 2. The van der Waals surface area contributed by atoms with Crippen molar-refractivity contribution >= 4 is 11.7 Å². The molecule has 0 aromatic carbocycles. The number of imidazole rings is 1. The Hall–Kier alpha value is -1.72. The zero-order valence-electron chi connectivity index (χ0n) is 13.6. The minimum absolute atomic E-state index is 0.198. The molecule has 0 saturated carbocycles. The molecule has 10 nitrogen and oxygen atoms in total. The Kier molecular flexibility index (Phi) is 5.01. The SMILES string of the molecule is COCCO[C@@H]1[C@H](O)[C@@H](CO)O[C@H]1n1cnc2c1NCN(C)C2=O. The molecule has 1 fully saturated rings. The van der Waals surface area contributed by atoms with Crippen molar-refractivity contribution in [2.75, 3.05) is 46.0 Å². The third-order valence-electron chi connectivity index (χ3n) is 4.19. The summed E-state index contributed by atoms with van der Waals surface area (Å²) in [5.41, 5.74) is 0.282. The number of nitrogens with zero attached hydrogens (tertiary/aromatic N) is 3. The van der Waals surface area contributed by atoms with Crippen LogP contribution in [0.4, 0.5) is 5.82 Å². The first-order chi connectivity index (χ1) is 11.6. The van der Waals surface area contributed by atoms with Gasteiger partial charge in [0, 0.05) is 14.2 Å². The quantitative estimate of drug-likeness (QED) is 0.542. The van der Waals surface area contributed by atoms with Crippen molar-refractivity contribution in [3.63, 3.8) is 0 Å². The molecule has 2 aliphatic heterocycles. The molecule has 1 amide bonds. The molecule has 3 N–H and O–H groups in total. The number of hydrogen-bond donors (Lipinski definition) is 3. The van der Waals surface area contributed by atoms with Gasteiger partial charge in [0.25, 0.3) is 5.91 Å². The van der Waals surface area contributed by atoms with Gasteiger partial charge in [-0.2, -0.15) is 0 Å². The Morgan fingerprint density at radius 3 is 3.00 bits per heavy atom. The number of carbonyl (C=O) groups excluding carboxylic acids is 1. The lowest BCUT2D eigenvalue weighted by atomic mass is 10.1. The number of nitrogens with one attached hydrogen (secondary N) is 1. The molecule has 0 unspecified atom stereocenters. The van der Waals surface area contributed by atoms with Gasteiger partial charge in [-0.1, -0.05) is 0 Å². The number of anilines is 1. The van der Waals surface area contributed by atoms with E-state index < -0.39 is 24.5 Å². The highest BCUT2D eigenvalue weighted by Crippen LogP contribution is 2.35. The van der Waals surface area contributed by atoms with Crippen LogP contribution in [0, 0.1) is 0 Å². The van der Waals surface area contributed by atoms with E-state index in [1.54, 1.807) is 18.7 Å². The van der Waals surface area contributed by atoms with E-state index in [0.717, 1.165) is 0 Å². The summed E-state index contributed by atoms with van der Waals surface area (Å²) < 4.78 is 18.0. The van der Waals surface area contributed by atoms with Crippen molar-refractivity contribution in [3.05, 3.63) is 12.0 Å². The minimum Gasteiger partial charge on any atom is -0.394 e. The van der Waals surface area contributed by atoms with Crippen molar-refractivity contribution in [2.24, 2.45) is 0 Å². The van der Waals surface area contributed by atoms with E-state index in [1.807, 2.05) is 0 Å². The van der Waals surface area contributed by atoms with Gasteiger partial charge in [-0.05, 0) is 0 Å². The second kappa shape index (κ2) is 7.03. The standard InChI is InChI=1S/C14H22N4O6/c1-17-6-16-12-9(13(17)21)15-7-18(12)14-11(23-4-3-22-2)10(20)8(5-19)24-14/h7-8,10-11,14,16,19-20H,3-6H2,1-2H3/t8-,10-,11-,14-/m1/s1. The smallest absolute Gasteiger partial charge is 0.277 e. The summed E-state index contributed by atoms with van der Waals surface area (Å²) in [6.07, 6.45) is -1.74. The third-order valence-corrected chi connectivity index (χ3v) is 4.19. The maximum atomic E-state index is 12.2. The average molecular weight is 342 g/mol. The summed E-state index contributed by atoms with van der Waals surface area (Å²) in [4.78, 5) is 17.8. The largest absolute Gasteiger partial charge is 0.394 e. The lowest BCUT2D eigenvalue weighted by Crippen LogP contribution is -2.39. The van der Waals surface area contributed by atoms with Gasteiger partial charge in [-0.3, -0.25) is 9.36 Å². The predicted octanol–water partition coefficient (Wildman–Crippen LogP) is -1.38. The summed E-state index contributed by atoms with van der Waals surface area (Å²) in [7, 11) is 3.22. The molecule has 0 aliphatic carbocycles. The summed E-state index contributed by atoms with van der Waals surface area (Å²) >= 11 is 0. The lowest BCUT2D eigenvalue weighted by Gasteiger charge is -2.27. The Morgan fingerprint density at radius 1 is 1.50 bits per heavy atom. The monoisotopic (exact) mass is 342 g/mol. The molecule has 0 spiro atoms. The summed E-state index contributed by atoms with van der Waals surface area (Å²) in [6, 6.07) is 0. The molecule has 24 heavy (non-hydrogen) atoms. The number of aliphatic hydroxyl groups is 2. The molecule has 0 radical (unpaired) electrons. The predicted molar refractivity (Wildman–Crippen MR) is 81.4 cm³/mol. The molecule has 1 aromatic heterocycles. The van der Waals surface area contributed by atoms with E-state index in [-0.39, 0.29) is 24.8 Å². The Balaban J connectivity index is 1.86. The highest BCUT2D eigenvalue weighted by atomic mass is 16.6. The van der Waals surface area contributed by atoms with Gasteiger partial charge in [0.15, 0.2) is 11.9 Å². The zero-order valence-corrected chi connectivity index (χ0v) is 13.6. The van der Waals surface area contributed by atoms with Crippen LogP contribution in [0.2, 0.25) is 0 Å². The highest BCUT2D eigenvalue weighted by molar-refractivity contribution is 5.98. The fraction of sp³-hybridized carbons (Fsp3) is 0.714. The molecule has 0 bridgehead atoms. The molecule has 3 heterocycles. The van der Waals surface area contributed by atoms with Crippen molar-refractivity contribution in [1.29, 1.82) is 0 Å². The van der Waals surface area contributed by atoms with Gasteiger partial charge >= 0.3 is 0 Å². The van der Waals surface area contributed by atoms with Gasteiger partial charge in [0.1, 0.15) is 24.1 Å². The second-order valence-corrected chi connectivity index (χ2v) is 5.75. The van der Waals surface area contributed by atoms with Crippen LogP contribution in [-0.2, 0) is 14.2 Å². The van der Waals surface area contributed by atoms with Gasteiger partial charge in [0.2, 0.25) is 0 Å². The fourth-order valence-electron chi connectivity index (χ4n) is 2.87. The number of hydrogen-bond acceptors (Lipinski definition) is 8. The molecule has 10 heteroatoms. The number of carbonyl (C=O) groups is 1. The normalized spacial score (nSPS) is 29.7. The highest BCUT2D eigenvalue weighted by Gasteiger charge is 2.46. The van der Waals surface area contributed by atoms with Crippen LogP contribution in [-0.4, -0.2) is 89.5 Å². The maximum Gasteiger partial charge on any atom is 0.277 e. The summed E-state index contributed by atoms with van der Waals surface area (Å²) in [5, 5.41) is 22.8. The molecule has 4 atom stereocenters. The van der Waals surface area contributed by atoms with Gasteiger partial charge in [-0.25, -0.2) is 4.98 Å². The van der Waals surface area contributed by atoms with Crippen LogP contribution in [0.3, 0.4) is 0 Å². The first-order valence-electron chi connectivity index (χ1n) is 7.69. The Labute approximate surface area is 138 Å². The van der Waals surface area contributed by atoms with Gasteiger partial charge < -0.3 is 34.6 Å². The fourth-order valence-corrected chi connectivity index (χ4v) is 2.87. The summed E-state index contributed by atoms with van der Waals surface area (Å²) in [6.45, 7) is 0.630. The summed E-state index contributed by atoms with van der Waals surface area (Å²) in [5.74, 6) is 0.311. The number of methoxy groups -OCH3 is 1. The van der Waals surface area contributed by atoms with Gasteiger partial charge in [0.05, 0.1) is 32.8 Å². The van der Waals surface area contributed by atoms with E-state index in [0.29, 0.717) is 19.1 Å². The molecule has 134 valence electrons. The van der Waals surface area contributed by atoms with E-state index >= 15 is 0 Å². The molecule has 2 aliphatic rings. The molecule has 3 rings (SSSR count). The van der Waals surface area contributed by atoms with Gasteiger partial charge in [-0.15, -0.1) is 0 Å². The van der Waals surface area contributed by atoms with E-state index in [9.17, 15) is 15.0 Å². The minimum atomic E-state index is -1.00. The van der Waals surface area contributed by atoms with Crippen LogP contribution < -0.4 is 5.32 Å². The molecular formula is C14H22N4O6. The van der Waals surface area contributed by atoms with Crippen LogP contribution >= 0.6 is 0 Å². The molecule has 1 aromatic rings. The van der Waals surface area contributed by atoms with Crippen LogP contribution in [0.5, 0.6) is 0 Å². The van der Waals surface area contributed by atoms with Crippen LogP contribution in [0.1, 0.15) is 16.7 Å². The Morgan fingerprint density at radius 2 is 2.29 bits per heavy atom. The number of aromatic nitrogens is 2. The lowest BCUT2D eigenvalue weighted by molar-refractivity contribution is -0.0793.